The van der Waals surface area contributed by atoms with Crippen LogP contribution in [0, 0.1) is 6.92 Å². The molecular weight excluding hydrogens is 458 g/mol. The lowest BCUT2D eigenvalue weighted by Gasteiger charge is -2.10. The monoisotopic (exact) mass is 483 g/mol. The molecule has 2 aromatic heterocycles. The van der Waals surface area contributed by atoms with E-state index in [9.17, 15) is 18.0 Å². The number of ether oxygens (including phenoxy) is 1. The van der Waals surface area contributed by atoms with Crippen molar-refractivity contribution in [3.63, 3.8) is 0 Å². The second kappa shape index (κ2) is 9.03. The quantitative estimate of drug-likeness (QED) is 0.293. The largest absolute Gasteiger partial charge is 0.461 e. The van der Waals surface area contributed by atoms with Crippen LogP contribution in [-0.2, 0) is 39.6 Å². The fraction of sp³-hybridized carbons (Fsp3) is 0.292. The van der Waals surface area contributed by atoms with E-state index >= 15 is 0 Å². The van der Waals surface area contributed by atoms with Crippen molar-refractivity contribution >= 4 is 38.0 Å². The summed E-state index contributed by atoms with van der Waals surface area (Å²) >= 11 is 0. The number of rotatable bonds is 7. The van der Waals surface area contributed by atoms with Gasteiger partial charge in [0, 0.05) is 44.6 Å². The Morgan fingerprint density at radius 1 is 1.15 bits per heavy atom. The van der Waals surface area contributed by atoms with Crippen molar-refractivity contribution < 1.29 is 22.4 Å². The zero-order chi connectivity index (χ0) is 24.6. The van der Waals surface area contributed by atoms with E-state index < -0.39 is 21.6 Å². The van der Waals surface area contributed by atoms with Gasteiger partial charge in [-0.2, -0.15) is 0 Å². The van der Waals surface area contributed by atoms with Gasteiger partial charge in [0.1, 0.15) is 18.0 Å². The lowest BCUT2D eigenvalue weighted by molar-refractivity contribution is -0.144. The number of carbonyl (C=O) groups is 1. The van der Waals surface area contributed by atoms with Crippen LogP contribution in [0.15, 0.2) is 56.6 Å². The topological polar surface area (TPSA) is 112 Å². The Balaban J connectivity index is 1.46. The average molecular weight is 484 g/mol. The van der Waals surface area contributed by atoms with E-state index in [1.165, 1.54) is 26.2 Å². The Hall–Kier alpha value is -3.50. The highest BCUT2D eigenvalue weighted by atomic mass is 32.2. The van der Waals surface area contributed by atoms with Gasteiger partial charge in [-0.25, -0.2) is 22.5 Å². The Labute approximate surface area is 196 Å². The molecule has 0 saturated heterocycles. The molecule has 2 heterocycles. The third-order valence-corrected chi connectivity index (χ3v) is 7.46. The number of hydrogen-bond donors (Lipinski definition) is 0. The van der Waals surface area contributed by atoms with E-state index in [4.69, 9.17) is 9.15 Å². The first-order valence-corrected chi connectivity index (χ1v) is 12.1. The van der Waals surface area contributed by atoms with Gasteiger partial charge in [0.15, 0.2) is 0 Å². The number of carbonyl (C=O) groups excluding carboxylic acids is 1. The van der Waals surface area contributed by atoms with Crippen LogP contribution in [0.2, 0.25) is 0 Å². The summed E-state index contributed by atoms with van der Waals surface area (Å²) in [7, 11) is 1.19. The number of imidazole rings is 1. The first-order chi connectivity index (χ1) is 16.1. The minimum Gasteiger partial charge on any atom is -0.461 e. The summed E-state index contributed by atoms with van der Waals surface area (Å²) in [6, 6.07) is 11.6. The van der Waals surface area contributed by atoms with Gasteiger partial charge in [-0.15, -0.1) is 0 Å². The van der Waals surface area contributed by atoms with Crippen molar-refractivity contribution in [3.8, 4) is 0 Å². The first-order valence-electron chi connectivity index (χ1n) is 10.6. The number of sulfonamides is 1. The van der Waals surface area contributed by atoms with E-state index in [0.29, 0.717) is 28.9 Å². The van der Waals surface area contributed by atoms with Crippen molar-refractivity contribution in [3.05, 3.63) is 69.8 Å². The molecule has 0 amide bonds. The van der Waals surface area contributed by atoms with Crippen LogP contribution in [0.5, 0.6) is 0 Å². The van der Waals surface area contributed by atoms with Crippen LogP contribution in [-0.4, -0.2) is 42.3 Å². The maximum absolute atomic E-state index is 12.4. The molecule has 10 heteroatoms. The second-order valence-corrected chi connectivity index (χ2v) is 10.4. The van der Waals surface area contributed by atoms with Crippen molar-refractivity contribution in [1.82, 2.24) is 13.9 Å². The Morgan fingerprint density at radius 3 is 2.65 bits per heavy atom. The number of nitrogens with zero attached hydrogens (tertiary/aromatic N) is 3. The summed E-state index contributed by atoms with van der Waals surface area (Å²) in [5.74, 6) is 0.198. The molecule has 2 aromatic carbocycles. The molecule has 0 spiro atoms. The minimum absolute atomic E-state index is 0.0434. The Bertz CT molecular complexity index is 1570. The van der Waals surface area contributed by atoms with Gasteiger partial charge < -0.3 is 13.7 Å². The summed E-state index contributed by atoms with van der Waals surface area (Å²) in [5, 5.41) is 0.719. The molecule has 0 atom stereocenters. The predicted molar refractivity (Wildman–Crippen MR) is 127 cm³/mol. The second-order valence-electron chi connectivity index (χ2n) is 8.28. The van der Waals surface area contributed by atoms with E-state index in [2.05, 4.69) is 4.98 Å². The summed E-state index contributed by atoms with van der Waals surface area (Å²) in [5.41, 5.74) is 2.79. The van der Waals surface area contributed by atoms with E-state index in [1.54, 1.807) is 18.2 Å². The molecule has 0 N–H and O–H groups in total. The molecule has 0 aliphatic carbocycles. The third-order valence-electron chi connectivity index (χ3n) is 5.65. The number of fused-ring (bicyclic) bond motifs is 2. The van der Waals surface area contributed by atoms with Gasteiger partial charge in [0.05, 0.1) is 22.3 Å². The summed E-state index contributed by atoms with van der Waals surface area (Å²) in [6.45, 7) is 1.85. The molecule has 0 aliphatic rings. The van der Waals surface area contributed by atoms with Gasteiger partial charge in [0.2, 0.25) is 10.0 Å². The molecule has 9 nitrogen and oxygen atoms in total. The zero-order valence-electron chi connectivity index (χ0n) is 19.4. The predicted octanol–water partition coefficient (Wildman–Crippen LogP) is 2.91. The summed E-state index contributed by atoms with van der Waals surface area (Å²) in [4.78, 5) is 28.9. The number of hydrogen-bond acceptors (Lipinski definition) is 7. The molecule has 178 valence electrons. The van der Waals surface area contributed by atoms with Crippen molar-refractivity contribution in [2.45, 2.75) is 31.3 Å². The highest BCUT2D eigenvalue weighted by Crippen LogP contribution is 2.22. The molecule has 4 rings (SSSR count). The van der Waals surface area contributed by atoms with Gasteiger partial charge in [-0.1, -0.05) is 12.1 Å². The van der Waals surface area contributed by atoms with E-state index in [1.807, 2.05) is 30.7 Å². The molecule has 0 saturated carbocycles. The van der Waals surface area contributed by atoms with E-state index in [-0.39, 0.29) is 17.9 Å². The lowest BCUT2D eigenvalue weighted by atomic mass is 10.1. The highest BCUT2D eigenvalue weighted by Gasteiger charge is 2.19. The van der Waals surface area contributed by atoms with Gasteiger partial charge in [0.25, 0.3) is 0 Å². The Morgan fingerprint density at radius 2 is 1.91 bits per heavy atom. The maximum Gasteiger partial charge on any atom is 0.336 e. The SMILES string of the molecule is Cc1ccc2c(COC(=O)CCc3nc4cc(S(=O)(=O)N(C)C)ccc4n3C)cc(=O)oc2c1. The lowest BCUT2D eigenvalue weighted by Crippen LogP contribution is -2.22. The highest BCUT2D eigenvalue weighted by molar-refractivity contribution is 7.89. The van der Waals surface area contributed by atoms with Crippen LogP contribution in [0.1, 0.15) is 23.4 Å². The fourth-order valence-electron chi connectivity index (χ4n) is 3.73. The molecular formula is C24H25N3O6S. The summed E-state index contributed by atoms with van der Waals surface area (Å²) in [6.07, 6.45) is 0.398. The van der Waals surface area contributed by atoms with Crippen molar-refractivity contribution in [2.75, 3.05) is 14.1 Å². The zero-order valence-corrected chi connectivity index (χ0v) is 20.2. The van der Waals surface area contributed by atoms with Crippen molar-refractivity contribution in [1.29, 1.82) is 0 Å². The minimum atomic E-state index is -3.57. The molecule has 0 radical (unpaired) electrons. The number of benzene rings is 2. The van der Waals surface area contributed by atoms with E-state index in [0.717, 1.165) is 20.8 Å². The Kier molecular flexibility index (Phi) is 6.28. The fourth-order valence-corrected chi connectivity index (χ4v) is 4.65. The molecule has 0 fully saturated rings. The van der Waals surface area contributed by atoms with Gasteiger partial charge in [-0.3, -0.25) is 4.79 Å². The normalized spacial score (nSPS) is 12.0. The number of aryl methyl sites for hydroxylation is 3. The summed E-state index contributed by atoms with van der Waals surface area (Å²) < 4.78 is 38.4. The van der Waals surface area contributed by atoms with Crippen LogP contribution in [0.3, 0.4) is 0 Å². The molecule has 34 heavy (non-hydrogen) atoms. The van der Waals surface area contributed by atoms with Crippen LogP contribution >= 0.6 is 0 Å². The molecule has 0 unspecified atom stereocenters. The smallest absolute Gasteiger partial charge is 0.336 e. The standard InChI is InChI=1S/C24H25N3O6S/c1-15-5-7-18-16(12-24(29)33-21(18)11-15)14-32-23(28)10-9-22-25-19-13-17(34(30,31)26(2)3)6-8-20(19)27(22)4/h5-8,11-13H,9-10,14H2,1-4H3. The molecule has 4 aromatic rings. The maximum atomic E-state index is 12.4. The van der Waals surface area contributed by atoms with Crippen LogP contribution < -0.4 is 5.63 Å². The van der Waals surface area contributed by atoms with Crippen molar-refractivity contribution in [2.24, 2.45) is 7.05 Å². The van der Waals surface area contributed by atoms with Gasteiger partial charge >= 0.3 is 11.6 Å². The first kappa shape index (κ1) is 23.7. The van der Waals surface area contributed by atoms with Crippen LogP contribution in [0.4, 0.5) is 0 Å². The number of esters is 1. The third kappa shape index (κ3) is 4.59. The molecule has 0 aliphatic heterocycles. The average Bonchev–Trinajstić information content (AvgIpc) is 3.10. The number of aromatic nitrogens is 2. The van der Waals surface area contributed by atoms with Crippen LogP contribution in [0.25, 0.3) is 22.0 Å². The van der Waals surface area contributed by atoms with Gasteiger partial charge in [-0.05, 0) is 36.8 Å². The molecule has 0 bridgehead atoms.